The standard InChI is InChI=1S/C23H22N2O4/c1-2-6-17-13-23(27)29-21-14-18(9-10-19(17)21)28-15-22(26)25-12-11-20(24-25)16-7-4-3-5-8-16/h3-5,7-10,13-14H,2,6,11-12,15H2,1H3. The monoisotopic (exact) mass is 390 g/mol. The third-order valence-corrected chi connectivity index (χ3v) is 4.88. The Balaban J connectivity index is 1.45. The first-order valence-corrected chi connectivity index (χ1v) is 9.77. The lowest BCUT2D eigenvalue weighted by Crippen LogP contribution is -2.28. The Hall–Kier alpha value is -3.41. The Morgan fingerprint density at radius 1 is 1.17 bits per heavy atom. The number of nitrogens with zero attached hydrogens (tertiary/aromatic N) is 2. The van der Waals surface area contributed by atoms with Crippen LogP contribution in [0.15, 0.2) is 68.9 Å². The molecule has 6 heteroatoms. The van der Waals surface area contributed by atoms with Crippen LogP contribution in [0.4, 0.5) is 0 Å². The van der Waals surface area contributed by atoms with E-state index in [0.717, 1.165) is 41.5 Å². The minimum absolute atomic E-state index is 0.129. The summed E-state index contributed by atoms with van der Waals surface area (Å²) >= 11 is 0. The van der Waals surface area contributed by atoms with E-state index in [1.807, 2.05) is 36.4 Å². The highest BCUT2D eigenvalue weighted by Gasteiger charge is 2.22. The average molecular weight is 390 g/mol. The summed E-state index contributed by atoms with van der Waals surface area (Å²) in [6, 6.07) is 16.7. The van der Waals surface area contributed by atoms with Crippen LogP contribution in [-0.2, 0) is 11.2 Å². The van der Waals surface area contributed by atoms with Gasteiger partial charge in [-0.05, 0) is 29.7 Å². The maximum absolute atomic E-state index is 12.5. The zero-order valence-electron chi connectivity index (χ0n) is 16.3. The molecule has 2 heterocycles. The molecule has 1 amide bonds. The molecule has 148 valence electrons. The summed E-state index contributed by atoms with van der Waals surface area (Å²) in [5.41, 5.74) is 2.97. The minimum atomic E-state index is -0.381. The Bertz CT molecular complexity index is 1120. The lowest BCUT2D eigenvalue weighted by Gasteiger charge is -2.12. The molecule has 0 radical (unpaired) electrons. The summed E-state index contributed by atoms with van der Waals surface area (Å²) in [6.07, 6.45) is 2.46. The number of benzene rings is 2. The molecule has 0 atom stereocenters. The molecule has 29 heavy (non-hydrogen) atoms. The third kappa shape index (κ3) is 4.21. The molecule has 0 saturated heterocycles. The second-order valence-corrected chi connectivity index (χ2v) is 6.97. The number of hydrogen-bond acceptors (Lipinski definition) is 5. The number of amides is 1. The van der Waals surface area contributed by atoms with E-state index in [4.69, 9.17) is 9.15 Å². The van der Waals surface area contributed by atoms with Crippen molar-refractivity contribution in [1.29, 1.82) is 0 Å². The highest BCUT2D eigenvalue weighted by molar-refractivity contribution is 6.02. The van der Waals surface area contributed by atoms with Crippen LogP contribution in [0.1, 0.15) is 30.9 Å². The second-order valence-electron chi connectivity index (χ2n) is 6.97. The number of hydrogen-bond donors (Lipinski definition) is 0. The first-order chi connectivity index (χ1) is 14.1. The predicted octanol–water partition coefficient (Wildman–Crippen LogP) is 3.76. The topological polar surface area (TPSA) is 72.1 Å². The smallest absolute Gasteiger partial charge is 0.336 e. The number of hydrazone groups is 1. The van der Waals surface area contributed by atoms with Crippen LogP contribution in [0.5, 0.6) is 5.75 Å². The van der Waals surface area contributed by atoms with E-state index in [-0.39, 0.29) is 18.1 Å². The van der Waals surface area contributed by atoms with E-state index in [1.54, 1.807) is 12.1 Å². The van der Waals surface area contributed by atoms with Crippen molar-refractivity contribution >= 4 is 22.6 Å². The van der Waals surface area contributed by atoms with Gasteiger partial charge in [0.05, 0.1) is 12.3 Å². The molecule has 0 unspecified atom stereocenters. The van der Waals surface area contributed by atoms with Crippen molar-refractivity contribution in [1.82, 2.24) is 5.01 Å². The van der Waals surface area contributed by atoms with Gasteiger partial charge in [-0.3, -0.25) is 4.79 Å². The van der Waals surface area contributed by atoms with Gasteiger partial charge in [-0.1, -0.05) is 43.7 Å². The molecule has 3 aromatic rings. The van der Waals surface area contributed by atoms with Crippen LogP contribution in [0, 0.1) is 0 Å². The van der Waals surface area contributed by atoms with Gasteiger partial charge >= 0.3 is 5.63 Å². The van der Waals surface area contributed by atoms with E-state index in [0.29, 0.717) is 17.9 Å². The molecule has 0 N–H and O–H groups in total. The molecule has 0 fully saturated rings. The summed E-state index contributed by atoms with van der Waals surface area (Å²) in [4.78, 5) is 24.3. The van der Waals surface area contributed by atoms with Crippen molar-refractivity contribution in [3.63, 3.8) is 0 Å². The SMILES string of the molecule is CCCc1cc(=O)oc2cc(OCC(=O)N3CCC(c4ccccc4)=N3)ccc12. The summed E-state index contributed by atoms with van der Waals surface area (Å²) in [6.45, 7) is 2.48. The molecular weight excluding hydrogens is 368 g/mol. The van der Waals surface area contributed by atoms with Crippen molar-refractivity contribution in [3.05, 3.63) is 76.1 Å². The van der Waals surface area contributed by atoms with Crippen LogP contribution in [0.3, 0.4) is 0 Å². The molecule has 0 saturated carbocycles. The van der Waals surface area contributed by atoms with Gasteiger partial charge < -0.3 is 9.15 Å². The first-order valence-electron chi connectivity index (χ1n) is 9.77. The molecule has 4 rings (SSSR count). The number of rotatable bonds is 6. The highest BCUT2D eigenvalue weighted by Crippen LogP contribution is 2.24. The molecular formula is C23H22N2O4. The van der Waals surface area contributed by atoms with Crippen molar-refractivity contribution in [2.45, 2.75) is 26.2 Å². The first kappa shape index (κ1) is 18.9. The van der Waals surface area contributed by atoms with Crippen molar-refractivity contribution in [2.24, 2.45) is 5.10 Å². The molecule has 2 aromatic carbocycles. The number of fused-ring (bicyclic) bond motifs is 1. The number of aryl methyl sites for hydroxylation is 1. The predicted molar refractivity (Wildman–Crippen MR) is 111 cm³/mol. The fourth-order valence-electron chi connectivity index (χ4n) is 3.47. The minimum Gasteiger partial charge on any atom is -0.484 e. The lowest BCUT2D eigenvalue weighted by molar-refractivity contribution is -0.132. The van der Waals surface area contributed by atoms with Gasteiger partial charge in [-0.2, -0.15) is 5.10 Å². The fraction of sp³-hybridized carbons (Fsp3) is 0.261. The molecule has 1 aliphatic rings. The van der Waals surface area contributed by atoms with Crippen molar-refractivity contribution in [2.75, 3.05) is 13.2 Å². The fourth-order valence-corrected chi connectivity index (χ4v) is 3.47. The van der Waals surface area contributed by atoms with Gasteiger partial charge in [0.25, 0.3) is 5.91 Å². The van der Waals surface area contributed by atoms with Crippen LogP contribution in [0.2, 0.25) is 0 Å². The molecule has 0 aliphatic carbocycles. The maximum atomic E-state index is 12.5. The molecule has 1 aromatic heterocycles. The van der Waals surface area contributed by atoms with Gasteiger partial charge in [-0.25, -0.2) is 9.80 Å². The van der Waals surface area contributed by atoms with Crippen LogP contribution >= 0.6 is 0 Å². The number of ether oxygens (including phenoxy) is 1. The van der Waals surface area contributed by atoms with Gasteiger partial charge in [0.15, 0.2) is 6.61 Å². The average Bonchev–Trinajstić information content (AvgIpc) is 3.23. The summed E-state index contributed by atoms with van der Waals surface area (Å²) < 4.78 is 11.0. The Labute approximate surface area is 168 Å². The number of carbonyl (C=O) groups excluding carboxylic acids is 1. The van der Waals surface area contributed by atoms with E-state index < -0.39 is 0 Å². The Morgan fingerprint density at radius 2 is 2.00 bits per heavy atom. The van der Waals surface area contributed by atoms with Gasteiger partial charge in [0.2, 0.25) is 0 Å². The van der Waals surface area contributed by atoms with Gasteiger partial charge in [0, 0.05) is 23.9 Å². The van der Waals surface area contributed by atoms with E-state index >= 15 is 0 Å². The van der Waals surface area contributed by atoms with E-state index in [1.165, 1.54) is 11.1 Å². The molecule has 6 nitrogen and oxygen atoms in total. The second kappa shape index (κ2) is 8.31. The highest BCUT2D eigenvalue weighted by atomic mass is 16.5. The van der Waals surface area contributed by atoms with Gasteiger partial charge in [0.1, 0.15) is 11.3 Å². The largest absolute Gasteiger partial charge is 0.484 e. The van der Waals surface area contributed by atoms with Crippen molar-refractivity contribution < 1.29 is 13.9 Å². The third-order valence-electron chi connectivity index (χ3n) is 4.88. The number of carbonyl (C=O) groups is 1. The van der Waals surface area contributed by atoms with Gasteiger partial charge in [-0.15, -0.1) is 0 Å². The maximum Gasteiger partial charge on any atom is 0.336 e. The Morgan fingerprint density at radius 3 is 2.79 bits per heavy atom. The zero-order valence-corrected chi connectivity index (χ0v) is 16.3. The van der Waals surface area contributed by atoms with E-state index in [9.17, 15) is 9.59 Å². The van der Waals surface area contributed by atoms with Crippen LogP contribution in [-0.4, -0.2) is 29.8 Å². The normalized spacial score (nSPS) is 13.6. The van der Waals surface area contributed by atoms with E-state index in [2.05, 4.69) is 12.0 Å². The van der Waals surface area contributed by atoms with Crippen molar-refractivity contribution in [3.8, 4) is 5.75 Å². The quantitative estimate of drug-likeness (QED) is 0.601. The lowest BCUT2D eigenvalue weighted by atomic mass is 10.1. The summed E-state index contributed by atoms with van der Waals surface area (Å²) in [5.74, 6) is 0.270. The molecule has 0 spiro atoms. The zero-order chi connectivity index (χ0) is 20.2. The summed E-state index contributed by atoms with van der Waals surface area (Å²) in [5, 5.41) is 6.76. The molecule has 1 aliphatic heterocycles. The Kier molecular flexibility index (Phi) is 5.42. The van der Waals surface area contributed by atoms with Crippen LogP contribution in [0.25, 0.3) is 11.0 Å². The van der Waals surface area contributed by atoms with Crippen LogP contribution < -0.4 is 10.4 Å². The summed E-state index contributed by atoms with van der Waals surface area (Å²) in [7, 11) is 0. The molecule has 0 bridgehead atoms.